The molecule has 0 saturated heterocycles. The van der Waals surface area contributed by atoms with E-state index in [0.717, 1.165) is 6.26 Å². The molecule has 0 aliphatic rings. The number of aliphatic hydroxyl groups excluding tert-OH is 1. The lowest BCUT2D eigenvalue weighted by Gasteiger charge is -2.13. The molecule has 0 aromatic heterocycles. The van der Waals surface area contributed by atoms with Gasteiger partial charge in [0, 0.05) is 23.8 Å². The highest BCUT2D eigenvalue weighted by Crippen LogP contribution is 2.26. The minimum absolute atomic E-state index is 0.108. The molecule has 0 spiro atoms. The molecular formula is C10H13ClO3S. The average Bonchev–Trinajstić information content (AvgIpc) is 2.14. The average molecular weight is 249 g/mol. The van der Waals surface area contributed by atoms with E-state index in [1.165, 1.54) is 12.1 Å². The molecule has 1 N–H and O–H groups in total. The van der Waals surface area contributed by atoms with Gasteiger partial charge in [-0.2, -0.15) is 0 Å². The van der Waals surface area contributed by atoms with Gasteiger partial charge in [-0.05, 0) is 23.8 Å². The molecule has 84 valence electrons. The van der Waals surface area contributed by atoms with Gasteiger partial charge < -0.3 is 5.11 Å². The van der Waals surface area contributed by atoms with Crippen LogP contribution in [0.5, 0.6) is 0 Å². The van der Waals surface area contributed by atoms with Crippen molar-refractivity contribution in [1.82, 2.24) is 0 Å². The van der Waals surface area contributed by atoms with Gasteiger partial charge in [0.15, 0.2) is 9.84 Å². The molecule has 0 saturated carbocycles. The summed E-state index contributed by atoms with van der Waals surface area (Å²) in [5.74, 6) is -0.242. The van der Waals surface area contributed by atoms with E-state index in [4.69, 9.17) is 16.7 Å². The summed E-state index contributed by atoms with van der Waals surface area (Å²) in [6, 6.07) is 4.59. The van der Waals surface area contributed by atoms with Crippen LogP contribution < -0.4 is 0 Å². The Balaban J connectivity index is 3.40. The maximum absolute atomic E-state index is 11.5. The first kappa shape index (κ1) is 12.5. The number of benzene rings is 1. The lowest BCUT2D eigenvalue weighted by atomic mass is 10.0. The third kappa shape index (κ3) is 2.93. The summed E-state index contributed by atoms with van der Waals surface area (Å²) in [7, 11) is -3.28. The molecule has 0 heterocycles. The molecule has 1 atom stereocenters. The Morgan fingerprint density at radius 1 is 1.47 bits per heavy atom. The Bertz CT molecular complexity index is 454. The van der Waals surface area contributed by atoms with Crippen molar-refractivity contribution in [3.05, 3.63) is 28.8 Å². The largest absolute Gasteiger partial charge is 0.396 e. The molecule has 1 rings (SSSR count). The van der Waals surface area contributed by atoms with Crippen LogP contribution >= 0.6 is 11.6 Å². The number of sulfone groups is 1. The van der Waals surface area contributed by atoms with Crippen LogP contribution in [0.15, 0.2) is 23.1 Å². The third-order valence-corrected chi connectivity index (χ3v) is 3.58. The molecule has 0 aliphatic carbocycles. The number of rotatable bonds is 3. The number of halogens is 1. The predicted molar refractivity (Wildman–Crippen MR) is 60.1 cm³/mol. The van der Waals surface area contributed by atoms with Crippen LogP contribution in [0.25, 0.3) is 0 Å². The molecule has 0 bridgehead atoms. The van der Waals surface area contributed by atoms with Crippen LogP contribution in [0.2, 0.25) is 5.02 Å². The Hall–Kier alpha value is -0.580. The quantitative estimate of drug-likeness (QED) is 0.888. The molecule has 0 fully saturated rings. The normalized spacial score (nSPS) is 13.9. The second-order valence-electron chi connectivity index (χ2n) is 3.54. The fourth-order valence-corrected chi connectivity index (χ4v) is 2.52. The first-order valence-corrected chi connectivity index (χ1v) is 6.73. The Kier molecular flexibility index (Phi) is 3.76. The zero-order chi connectivity index (χ0) is 11.6. The Morgan fingerprint density at radius 3 is 2.53 bits per heavy atom. The van der Waals surface area contributed by atoms with Crippen molar-refractivity contribution >= 4 is 21.4 Å². The topological polar surface area (TPSA) is 54.4 Å². The van der Waals surface area contributed by atoms with Gasteiger partial charge in [0.2, 0.25) is 0 Å². The van der Waals surface area contributed by atoms with Gasteiger partial charge in [0.05, 0.1) is 4.90 Å². The van der Waals surface area contributed by atoms with Crippen molar-refractivity contribution in [3.8, 4) is 0 Å². The molecule has 15 heavy (non-hydrogen) atoms. The highest BCUT2D eigenvalue weighted by atomic mass is 35.5. The van der Waals surface area contributed by atoms with Gasteiger partial charge in [-0.3, -0.25) is 0 Å². The summed E-state index contributed by atoms with van der Waals surface area (Å²) in [4.78, 5) is 0.230. The third-order valence-electron chi connectivity index (χ3n) is 2.18. The first-order valence-electron chi connectivity index (χ1n) is 4.46. The van der Waals surface area contributed by atoms with Gasteiger partial charge >= 0.3 is 0 Å². The van der Waals surface area contributed by atoms with Crippen LogP contribution in [-0.2, 0) is 9.84 Å². The lowest BCUT2D eigenvalue weighted by molar-refractivity contribution is 0.272. The highest BCUT2D eigenvalue weighted by Gasteiger charge is 2.17. The zero-order valence-corrected chi connectivity index (χ0v) is 10.1. The van der Waals surface area contributed by atoms with E-state index in [2.05, 4.69) is 0 Å². The fourth-order valence-electron chi connectivity index (χ4n) is 1.34. The van der Waals surface area contributed by atoms with Crippen LogP contribution in [0.4, 0.5) is 0 Å². The van der Waals surface area contributed by atoms with E-state index < -0.39 is 9.84 Å². The zero-order valence-electron chi connectivity index (χ0n) is 8.57. The van der Waals surface area contributed by atoms with Gasteiger partial charge in [0.25, 0.3) is 0 Å². The Labute approximate surface area is 94.6 Å². The van der Waals surface area contributed by atoms with Gasteiger partial charge in [-0.25, -0.2) is 8.42 Å². The summed E-state index contributed by atoms with van der Waals surface area (Å²) >= 11 is 5.79. The SMILES string of the molecule is CC(CO)c1cc(Cl)ccc1S(C)(=O)=O. The molecule has 1 aromatic rings. The van der Waals surface area contributed by atoms with Crippen LogP contribution in [0.1, 0.15) is 18.4 Å². The minimum Gasteiger partial charge on any atom is -0.396 e. The maximum Gasteiger partial charge on any atom is 0.175 e. The molecule has 5 heteroatoms. The molecule has 0 amide bonds. The molecule has 1 aromatic carbocycles. The van der Waals surface area contributed by atoms with Crippen molar-refractivity contribution in [2.75, 3.05) is 12.9 Å². The van der Waals surface area contributed by atoms with Crippen LogP contribution in [-0.4, -0.2) is 26.4 Å². The maximum atomic E-state index is 11.5. The number of hydrogen-bond donors (Lipinski definition) is 1. The van der Waals surface area contributed by atoms with E-state index in [0.29, 0.717) is 10.6 Å². The monoisotopic (exact) mass is 248 g/mol. The second kappa shape index (κ2) is 4.51. The van der Waals surface area contributed by atoms with E-state index in [1.807, 2.05) is 0 Å². The minimum atomic E-state index is -3.28. The first-order chi connectivity index (χ1) is 6.86. The smallest absolute Gasteiger partial charge is 0.175 e. The van der Waals surface area contributed by atoms with E-state index in [9.17, 15) is 8.42 Å². The van der Waals surface area contributed by atoms with Crippen molar-refractivity contribution < 1.29 is 13.5 Å². The lowest BCUT2D eigenvalue weighted by Crippen LogP contribution is -2.07. The standard InChI is InChI=1S/C10H13ClO3S/c1-7(6-12)9-5-8(11)3-4-10(9)15(2,13)14/h3-5,7,12H,6H2,1-2H3. The fraction of sp³-hybridized carbons (Fsp3) is 0.400. The number of aliphatic hydroxyl groups is 1. The summed E-state index contributed by atoms with van der Waals surface area (Å²) in [5, 5.41) is 9.50. The second-order valence-corrected chi connectivity index (χ2v) is 5.96. The summed E-state index contributed by atoms with van der Waals surface area (Å²) in [6.45, 7) is 1.64. The van der Waals surface area contributed by atoms with Crippen LogP contribution in [0, 0.1) is 0 Å². The molecule has 3 nitrogen and oxygen atoms in total. The van der Waals surface area contributed by atoms with E-state index in [1.54, 1.807) is 13.0 Å². The van der Waals surface area contributed by atoms with Gasteiger partial charge in [0.1, 0.15) is 0 Å². The van der Waals surface area contributed by atoms with Crippen molar-refractivity contribution in [2.24, 2.45) is 0 Å². The van der Waals surface area contributed by atoms with E-state index >= 15 is 0 Å². The molecule has 0 aliphatic heterocycles. The molecule has 0 radical (unpaired) electrons. The van der Waals surface area contributed by atoms with E-state index in [-0.39, 0.29) is 17.4 Å². The van der Waals surface area contributed by atoms with Crippen molar-refractivity contribution in [1.29, 1.82) is 0 Å². The van der Waals surface area contributed by atoms with Gasteiger partial charge in [-0.15, -0.1) is 0 Å². The molecular weight excluding hydrogens is 236 g/mol. The summed E-state index contributed by atoms with van der Waals surface area (Å²) in [5.41, 5.74) is 0.563. The van der Waals surface area contributed by atoms with Crippen LogP contribution in [0.3, 0.4) is 0 Å². The summed E-state index contributed by atoms with van der Waals surface area (Å²) < 4.78 is 22.9. The van der Waals surface area contributed by atoms with Crippen molar-refractivity contribution in [2.45, 2.75) is 17.7 Å². The summed E-state index contributed by atoms with van der Waals surface area (Å²) in [6.07, 6.45) is 1.14. The van der Waals surface area contributed by atoms with Crippen molar-refractivity contribution in [3.63, 3.8) is 0 Å². The molecule has 1 unspecified atom stereocenters. The van der Waals surface area contributed by atoms with Gasteiger partial charge in [-0.1, -0.05) is 18.5 Å². The highest BCUT2D eigenvalue weighted by molar-refractivity contribution is 7.90. The number of hydrogen-bond acceptors (Lipinski definition) is 3. The predicted octanol–water partition coefficient (Wildman–Crippen LogP) is 1.84. The Morgan fingerprint density at radius 2 is 2.07 bits per heavy atom.